The van der Waals surface area contributed by atoms with E-state index in [0.29, 0.717) is 11.4 Å². The lowest BCUT2D eigenvalue weighted by molar-refractivity contribution is 0.446. The Hall–Kier alpha value is -6.78. The molecule has 2 aromatic heterocycles. The highest BCUT2D eigenvalue weighted by atomic mass is 16.3. The van der Waals surface area contributed by atoms with Crippen molar-refractivity contribution in [2.75, 3.05) is 0 Å². The maximum absolute atomic E-state index is 12.6. The monoisotopic (exact) mass is 851 g/mol. The molecule has 4 nitrogen and oxygen atoms in total. The van der Waals surface area contributed by atoms with Crippen LogP contribution in [0.3, 0.4) is 0 Å². The predicted octanol–water partition coefficient (Wildman–Crippen LogP) is 16.4. The maximum Gasteiger partial charge on any atom is 0.149 e. The fraction of sp³-hybridized carbons (Fsp3) is 0.246. The van der Waals surface area contributed by atoms with Gasteiger partial charge in [0.1, 0.15) is 11.6 Å². The number of para-hydroxylation sites is 1. The van der Waals surface area contributed by atoms with Crippen molar-refractivity contribution in [2.45, 2.75) is 99.3 Å². The number of phenols is 1. The molecule has 326 valence electrons. The average Bonchev–Trinajstić information content (AvgIpc) is 3.64. The molecular formula is C61H61N3O. The molecule has 0 unspecified atom stereocenters. The van der Waals surface area contributed by atoms with Crippen molar-refractivity contribution < 1.29 is 5.11 Å². The highest BCUT2D eigenvalue weighted by molar-refractivity contribution is 6.03. The van der Waals surface area contributed by atoms with Gasteiger partial charge in [-0.15, -0.1) is 0 Å². The molecule has 0 spiro atoms. The van der Waals surface area contributed by atoms with Gasteiger partial charge in [-0.2, -0.15) is 0 Å². The van der Waals surface area contributed by atoms with Gasteiger partial charge in [-0.05, 0) is 123 Å². The molecule has 0 aliphatic heterocycles. The summed E-state index contributed by atoms with van der Waals surface area (Å²) in [7, 11) is 0. The van der Waals surface area contributed by atoms with E-state index >= 15 is 0 Å². The molecule has 65 heavy (non-hydrogen) atoms. The second-order valence-corrected chi connectivity index (χ2v) is 21.2. The van der Waals surface area contributed by atoms with Crippen LogP contribution in [0.2, 0.25) is 0 Å². The second kappa shape index (κ2) is 16.0. The van der Waals surface area contributed by atoms with Gasteiger partial charge in [-0.3, -0.25) is 9.55 Å². The van der Waals surface area contributed by atoms with Crippen molar-refractivity contribution in [3.8, 4) is 67.5 Å². The second-order valence-electron chi connectivity index (χ2n) is 21.2. The van der Waals surface area contributed by atoms with Gasteiger partial charge in [0.15, 0.2) is 0 Å². The SMILES string of the molecule is Cc1cc(C)c(-c2ccnc(-c3cc(-c4cccc5c4nc(-c4cc(C(C)(C)C)cc(C(C)(C)C)c4O)n5-c4c(-c5ccccc5)ccc5ccccc45)cc(C(C)(C)C)c3)c2)c(C)c1. The fourth-order valence-corrected chi connectivity index (χ4v) is 9.64. The van der Waals surface area contributed by atoms with Gasteiger partial charge < -0.3 is 5.11 Å². The number of rotatable bonds is 6. The van der Waals surface area contributed by atoms with Gasteiger partial charge in [0.05, 0.1) is 28.0 Å². The summed E-state index contributed by atoms with van der Waals surface area (Å²) in [6.45, 7) is 26.6. The zero-order chi connectivity index (χ0) is 46.2. The molecule has 0 atom stereocenters. The predicted molar refractivity (Wildman–Crippen MR) is 276 cm³/mol. The molecule has 0 saturated carbocycles. The Morgan fingerprint density at radius 3 is 1.86 bits per heavy atom. The van der Waals surface area contributed by atoms with Crippen LogP contribution in [0, 0.1) is 20.8 Å². The summed E-state index contributed by atoms with van der Waals surface area (Å²) in [5.74, 6) is 0.951. The Bertz CT molecular complexity index is 3270. The van der Waals surface area contributed by atoms with E-state index < -0.39 is 0 Å². The van der Waals surface area contributed by atoms with E-state index in [4.69, 9.17) is 9.97 Å². The van der Waals surface area contributed by atoms with Crippen molar-refractivity contribution in [3.63, 3.8) is 0 Å². The quantitative estimate of drug-likeness (QED) is 0.181. The molecule has 4 heteroatoms. The van der Waals surface area contributed by atoms with E-state index in [1.807, 2.05) is 6.20 Å². The van der Waals surface area contributed by atoms with Gasteiger partial charge in [-0.1, -0.05) is 171 Å². The van der Waals surface area contributed by atoms with E-state index in [9.17, 15) is 5.11 Å². The third kappa shape index (κ3) is 8.05. The summed E-state index contributed by atoms with van der Waals surface area (Å²) in [6, 6.07) is 50.4. The number of fused-ring (bicyclic) bond motifs is 2. The van der Waals surface area contributed by atoms with Crippen molar-refractivity contribution in [3.05, 3.63) is 179 Å². The number of aromatic nitrogens is 3. The highest BCUT2D eigenvalue weighted by Gasteiger charge is 2.30. The zero-order valence-corrected chi connectivity index (χ0v) is 40.1. The van der Waals surface area contributed by atoms with Gasteiger partial charge in [0.2, 0.25) is 0 Å². The average molecular weight is 852 g/mol. The third-order valence-corrected chi connectivity index (χ3v) is 13.1. The molecule has 0 amide bonds. The summed E-state index contributed by atoms with van der Waals surface area (Å²) in [5, 5.41) is 14.9. The molecule has 1 N–H and O–H groups in total. The summed E-state index contributed by atoms with van der Waals surface area (Å²) in [5.41, 5.74) is 18.6. The van der Waals surface area contributed by atoms with E-state index in [-0.39, 0.29) is 22.0 Å². The molecule has 0 bridgehead atoms. The Balaban J connectivity index is 1.38. The van der Waals surface area contributed by atoms with Gasteiger partial charge in [-0.25, -0.2) is 4.98 Å². The van der Waals surface area contributed by atoms with Crippen molar-refractivity contribution in [1.82, 2.24) is 14.5 Å². The molecule has 9 rings (SSSR count). The number of hydrogen-bond donors (Lipinski definition) is 1. The largest absolute Gasteiger partial charge is 0.507 e. The topological polar surface area (TPSA) is 50.9 Å². The first-order valence-corrected chi connectivity index (χ1v) is 23.0. The number of phenolic OH excluding ortho intramolecular Hbond substituents is 1. The molecule has 0 aliphatic rings. The number of imidazole rings is 1. The molecular weight excluding hydrogens is 791 g/mol. The Labute approximate surface area is 385 Å². The number of pyridine rings is 1. The zero-order valence-electron chi connectivity index (χ0n) is 40.1. The van der Waals surface area contributed by atoms with Crippen LogP contribution in [-0.2, 0) is 16.2 Å². The van der Waals surface area contributed by atoms with Crippen LogP contribution in [0.4, 0.5) is 0 Å². The minimum atomic E-state index is -0.331. The first-order chi connectivity index (χ1) is 30.8. The third-order valence-electron chi connectivity index (χ3n) is 13.1. The molecule has 0 fully saturated rings. The van der Waals surface area contributed by atoms with Gasteiger partial charge >= 0.3 is 0 Å². The number of nitrogens with zero attached hydrogens (tertiary/aromatic N) is 3. The maximum atomic E-state index is 12.6. The lowest BCUT2D eigenvalue weighted by Gasteiger charge is -2.28. The lowest BCUT2D eigenvalue weighted by Crippen LogP contribution is -2.17. The number of aryl methyl sites for hydroxylation is 3. The van der Waals surface area contributed by atoms with Crippen molar-refractivity contribution >= 4 is 21.8 Å². The minimum absolute atomic E-state index is 0.152. The standard InChI is InChI=1S/C61H61N3O/c1-37-29-38(2)54(39(3)30-37)42-27-28-62-52(34-42)44-31-43(32-45(33-44)59(4,5)6)47-23-18-24-53-55(47)63-58(50-35-46(60(7,8)9)36-51(57(50)65)61(10,11)12)64(53)56-48-22-17-16-21-41(48)25-26-49(56)40-19-14-13-15-20-40/h13-36,65H,1-12H3. The van der Waals surface area contributed by atoms with E-state index in [0.717, 1.165) is 77.7 Å². The van der Waals surface area contributed by atoms with E-state index in [1.54, 1.807) is 0 Å². The smallest absolute Gasteiger partial charge is 0.149 e. The lowest BCUT2D eigenvalue weighted by atomic mass is 9.79. The van der Waals surface area contributed by atoms with Gasteiger partial charge in [0.25, 0.3) is 0 Å². The van der Waals surface area contributed by atoms with Gasteiger partial charge in [0, 0.05) is 33.8 Å². The van der Waals surface area contributed by atoms with Crippen LogP contribution in [0.5, 0.6) is 5.75 Å². The summed E-state index contributed by atoms with van der Waals surface area (Å²) >= 11 is 0. The van der Waals surface area contributed by atoms with Crippen molar-refractivity contribution in [1.29, 1.82) is 0 Å². The summed E-state index contributed by atoms with van der Waals surface area (Å²) in [4.78, 5) is 10.8. The summed E-state index contributed by atoms with van der Waals surface area (Å²) < 4.78 is 2.32. The van der Waals surface area contributed by atoms with Crippen LogP contribution >= 0.6 is 0 Å². The van der Waals surface area contributed by atoms with Crippen LogP contribution in [0.15, 0.2) is 146 Å². The van der Waals surface area contributed by atoms with Crippen LogP contribution in [0.1, 0.15) is 95.7 Å². The molecule has 7 aromatic carbocycles. The molecule has 0 radical (unpaired) electrons. The van der Waals surface area contributed by atoms with Crippen LogP contribution in [0.25, 0.3) is 83.5 Å². The Morgan fingerprint density at radius 2 is 1.17 bits per heavy atom. The Kier molecular flexibility index (Phi) is 10.7. The summed E-state index contributed by atoms with van der Waals surface area (Å²) in [6.07, 6.45) is 1.94. The normalized spacial score (nSPS) is 12.4. The minimum Gasteiger partial charge on any atom is -0.507 e. The molecule has 2 heterocycles. The van der Waals surface area contributed by atoms with Crippen LogP contribution in [-0.4, -0.2) is 19.6 Å². The highest BCUT2D eigenvalue weighted by Crippen LogP contribution is 2.47. The first kappa shape index (κ1) is 43.5. The number of hydrogen-bond acceptors (Lipinski definition) is 3. The molecule has 0 aliphatic carbocycles. The van der Waals surface area contributed by atoms with E-state index in [1.165, 1.54) is 27.8 Å². The fourth-order valence-electron chi connectivity index (χ4n) is 9.64. The van der Waals surface area contributed by atoms with Crippen molar-refractivity contribution in [2.24, 2.45) is 0 Å². The van der Waals surface area contributed by atoms with E-state index in [2.05, 4.69) is 227 Å². The number of aromatic hydroxyl groups is 1. The number of benzene rings is 7. The Morgan fingerprint density at radius 1 is 0.508 bits per heavy atom. The molecule has 9 aromatic rings. The van der Waals surface area contributed by atoms with Crippen LogP contribution < -0.4 is 0 Å². The first-order valence-electron chi connectivity index (χ1n) is 23.0. The molecule has 0 saturated heterocycles.